The summed E-state index contributed by atoms with van der Waals surface area (Å²) in [5, 5.41) is 3.62. The van der Waals surface area contributed by atoms with Gasteiger partial charge in [-0.1, -0.05) is 6.07 Å². The van der Waals surface area contributed by atoms with Crippen LogP contribution in [0, 0.1) is 6.92 Å². The van der Waals surface area contributed by atoms with Crippen molar-refractivity contribution in [3.05, 3.63) is 48.0 Å². The van der Waals surface area contributed by atoms with Crippen molar-refractivity contribution in [3.8, 4) is 0 Å². The van der Waals surface area contributed by atoms with Crippen LogP contribution in [-0.2, 0) is 0 Å². The van der Waals surface area contributed by atoms with Crippen molar-refractivity contribution < 1.29 is 4.42 Å². The van der Waals surface area contributed by atoms with Crippen molar-refractivity contribution in [1.29, 1.82) is 0 Å². The first-order valence-corrected chi connectivity index (χ1v) is 10.7. The van der Waals surface area contributed by atoms with Gasteiger partial charge in [-0.05, 0) is 57.1 Å². The number of nitrogens with one attached hydrogen (secondary N) is 1. The molecule has 2 aliphatic rings. The molecule has 1 atom stereocenters. The van der Waals surface area contributed by atoms with Crippen LogP contribution in [0.1, 0.15) is 30.4 Å². The number of piperazine rings is 1. The largest absolute Gasteiger partial charge is 0.465 e. The Kier molecular flexibility index (Phi) is 8.38. The highest BCUT2D eigenvalue weighted by molar-refractivity contribution is 14.0. The molecular formula is C22H33IN6O. The molecule has 0 aromatic carbocycles. The van der Waals surface area contributed by atoms with Crippen LogP contribution in [-0.4, -0.2) is 73.6 Å². The number of likely N-dealkylation sites (tertiary alicyclic amines) is 1. The van der Waals surface area contributed by atoms with E-state index < -0.39 is 0 Å². The van der Waals surface area contributed by atoms with Crippen LogP contribution >= 0.6 is 24.0 Å². The molecule has 2 fully saturated rings. The lowest BCUT2D eigenvalue weighted by Crippen LogP contribution is -2.53. The maximum atomic E-state index is 5.98. The number of aromatic nitrogens is 1. The minimum absolute atomic E-state index is 0. The molecule has 8 heteroatoms. The average Bonchev–Trinajstić information content (AvgIpc) is 3.44. The van der Waals surface area contributed by atoms with Gasteiger partial charge in [0.15, 0.2) is 5.96 Å². The fourth-order valence-electron chi connectivity index (χ4n) is 4.30. The SMILES string of the molecule is CN=C(NCC(c1ccc(C)o1)N1CCCC1)N1CCN(c2ccccn2)CC1.I. The molecule has 2 aromatic rings. The summed E-state index contributed by atoms with van der Waals surface area (Å²) in [7, 11) is 1.87. The molecule has 0 radical (unpaired) electrons. The zero-order chi connectivity index (χ0) is 20.1. The van der Waals surface area contributed by atoms with Crippen LogP contribution in [0.2, 0.25) is 0 Å². The third-order valence-corrected chi connectivity index (χ3v) is 5.89. The van der Waals surface area contributed by atoms with Gasteiger partial charge in [-0.2, -0.15) is 0 Å². The lowest BCUT2D eigenvalue weighted by Gasteiger charge is -2.37. The lowest BCUT2D eigenvalue weighted by atomic mass is 10.2. The normalized spacial score (nSPS) is 18.9. The Morgan fingerprint density at radius 2 is 1.87 bits per heavy atom. The van der Waals surface area contributed by atoms with Crippen molar-refractivity contribution in [2.45, 2.75) is 25.8 Å². The Morgan fingerprint density at radius 3 is 2.47 bits per heavy atom. The molecule has 0 saturated carbocycles. The highest BCUT2D eigenvalue weighted by Gasteiger charge is 2.27. The van der Waals surface area contributed by atoms with Gasteiger partial charge in [0.05, 0.1) is 6.04 Å². The number of pyridine rings is 1. The van der Waals surface area contributed by atoms with Gasteiger partial charge in [0.2, 0.25) is 0 Å². The summed E-state index contributed by atoms with van der Waals surface area (Å²) in [6.45, 7) is 8.85. The standard InChI is InChI=1S/C22H32N6O.HI/c1-18-8-9-20(29-18)19(26-11-5-6-12-26)17-25-22(23-2)28-15-13-27(14-16-28)21-7-3-4-10-24-21;/h3-4,7-10,19H,5-6,11-17H2,1-2H3,(H,23,25);1H. The topological polar surface area (TPSA) is 60.1 Å². The van der Waals surface area contributed by atoms with E-state index in [4.69, 9.17) is 4.42 Å². The Morgan fingerprint density at radius 1 is 1.10 bits per heavy atom. The number of hydrogen-bond donors (Lipinski definition) is 1. The van der Waals surface area contributed by atoms with E-state index in [1.807, 2.05) is 32.3 Å². The van der Waals surface area contributed by atoms with E-state index in [0.717, 1.165) is 69.1 Å². The van der Waals surface area contributed by atoms with Gasteiger partial charge in [-0.25, -0.2) is 4.98 Å². The summed E-state index contributed by atoms with van der Waals surface area (Å²) in [5.74, 6) is 4.04. The molecule has 4 heterocycles. The van der Waals surface area contributed by atoms with Crippen LogP contribution in [0.25, 0.3) is 0 Å². The molecule has 0 aliphatic carbocycles. The van der Waals surface area contributed by atoms with Crippen molar-refractivity contribution in [2.24, 2.45) is 4.99 Å². The van der Waals surface area contributed by atoms with Gasteiger partial charge in [0.1, 0.15) is 17.3 Å². The second kappa shape index (κ2) is 11.0. The minimum Gasteiger partial charge on any atom is -0.465 e. The van der Waals surface area contributed by atoms with Crippen LogP contribution in [0.15, 0.2) is 45.9 Å². The Balaban J connectivity index is 0.00000256. The molecule has 7 nitrogen and oxygen atoms in total. The van der Waals surface area contributed by atoms with E-state index in [-0.39, 0.29) is 30.0 Å². The van der Waals surface area contributed by atoms with Gasteiger partial charge >= 0.3 is 0 Å². The third kappa shape index (κ3) is 5.46. The average molecular weight is 524 g/mol. The van der Waals surface area contributed by atoms with Crippen molar-refractivity contribution in [2.75, 3.05) is 57.8 Å². The quantitative estimate of drug-likeness (QED) is 0.369. The molecule has 164 valence electrons. The zero-order valence-corrected chi connectivity index (χ0v) is 20.3. The number of nitrogens with zero attached hydrogens (tertiary/aromatic N) is 5. The van der Waals surface area contributed by atoms with Crippen LogP contribution in [0.5, 0.6) is 0 Å². The smallest absolute Gasteiger partial charge is 0.193 e. The van der Waals surface area contributed by atoms with Gasteiger partial charge in [-0.15, -0.1) is 24.0 Å². The third-order valence-electron chi connectivity index (χ3n) is 5.89. The van der Waals surface area contributed by atoms with Gasteiger partial charge in [0.25, 0.3) is 0 Å². The van der Waals surface area contributed by atoms with Gasteiger partial charge < -0.3 is 19.5 Å². The zero-order valence-electron chi connectivity index (χ0n) is 18.0. The summed E-state index contributed by atoms with van der Waals surface area (Å²) in [6.07, 6.45) is 4.39. The molecule has 1 N–H and O–H groups in total. The molecule has 2 aromatic heterocycles. The molecule has 30 heavy (non-hydrogen) atoms. The maximum absolute atomic E-state index is 5.98. The number of halogens is 1. The van der Waals surface area contributed by atoms with E-state index in [1.165, 1.54) is 12.8 Å². The van der Waals surface area contributed by atoms with Crippen LogP contribution < -0.4 is 10.2 Å². The monoisotopic (exact) mass is 524 g/mol. The summed E-state index contributed by atoms with van der Waals surface area (Å²) < 4.78 is 5.98. The molecule has 0 amide bonds. The molecule has 1 unspecified atom stereocenters. The number of guanidine groups is 1. The van der Waals surface area contributed by atoms with Crippen molar-refractivity contribution >= 4 is 35.8 Å². The number of aryl methyl sites for hydroxylation is 1. The fourth-order valence-corrected chi connectivity index (χ4v) is 4.30. The number of aliphatic imine (C=N–C) groups is 1. The highest BCUT2D eigenvalue weighted by atomic mass is 127. The molecule has 4 rings (SSSR count). The Labute approximate surface area is 196 Å². The Bertz CT molecular complexity index is 797. The maximum Gasteiger partial charge on any atom is 0.193 e. The highest BCUT2D eigenvalue weighted by Crippen LogP contribution is 2.26. The molecule has 2 saturated heterocycles. The first-order chi connectivity index (χ1) is 14.2. The van der Waals surface area contributed by atoms with E-state index >= 15 is 0 Å². The molecule has 2 aliphatic heterocycles. The number of anilines is 1. The summed E-state index contributed by atoms with van der Waals surface area (Å²) in [5.41, 5.74) is 0. The second-order valence-electron chi connectivity index (χ2n) is 7.80. The van der Waals surface area contributed by atoms with E-state index in [2.05, 4.69) is 48.2 Å². The van der Waals surface area contributed by atoms with E-state index in [0.29, 0.717) is 0 Å². The second-order valence-corrected chi connectivity index (χ2v) is 7.80. The van der Waals surface area contributed by atoms with E-state index in [1.54, 1.807) is 0 Å². The van der Waals surface area contributed by atoms with Gasteiger partial charge in [-0.3, -0.25) is 9.89 Å². The van der Waals surface area contributed by atoms with Gasteiger partial charge in [0, 0.05) is 46.0 Å². The lowest BCUT2D eigenvalue weighted by molar-refractivity contribution is 0.212. The predicted molar refractivity (Wildman–Crippen MR) is 132 cm³/mol. The first-order valence-electron chi connectivity index (χ1n) is 10.7. The predicted octanol–water partition coefficient (Wildman–Crippen LogP) is 3.14. The first kappa shape index (κ1) is 22.9. The number of hydrogen-bond acceptors (Lipinski definition) is 5. The van der Waals surface area contributed by atoms with Crippen LogP contribution in [0.3, 0.4) is 0 Å². The van der Waals surface area contributed by atoms with Crippen molar-refractivity contribution in [3.63, 3.8) is 0 Å². The summed E-state index contributed by atoms with van der Waals surface area (Å²) in [4.78, 5) is 16.2. The van der Waals surface area contributed by atoms with E-state index in [9.17, 15) is 0 Å². The summed E-state index contributed by atoms with van der Waals surface area (Å²) >= 11 is 0. The Hall–Kier alpha value is -1.81. The number of furan rings is 1. The minimum atomic E-state index is 0. The van der Waals surface area contributed by atoms with Crippen molar-refractivity contribution in [1.82, 2.24) is 20.1 Å². The molecular weight excluding hydrogens is 491 g/mol. The number of rotatable bonds is 5. The fraction of sp³-hybridized carbons (Fsp3) is 0.545. The van der Waals surface area contributed by atoms with Crippen LogP contribution in [0.4, 0.5) is 5.82 Å². The summed E-state index contributed by atoms with van der Waals surface area (Å²) in [6, 6.07) is 10.5. The molecule has 0 spiro atoms. The molecule has 0 bridgehead atoms.